The Morgan fingerprint density at radius 2 is 1.34 bits per heavy atom. The second kappa shape index (κ2) is 13.1. The maximum absolute atomic E-state index is 6.53. The van der Waals surface area contributed by atoms with Gasteiger partial charge in [-0.1, -0.05) is 158 Å². The minimum Gasteiger partial charge on any atom is -0.456 e. The number of furan rings is 1. The monoisotopic (exact) mass is 643 g/mol. The van der Waals surface area contributed by atoms with Gasteiger partial charge in [0, 0.05) is 39.5 Å². The van der Waals surface area contributed by atoms with Crippen LogP contribution in [-0.2, 0) is 0 Å². The van der Waals surface area contributed by atoms with Gasteiger partial charge < -0.3 is 9.32 Å². The van der Waals surface area contributed by atoms with E-state index in [4.69, 9.17) is 4.42 Å². The molecule has 0 N–H and O–H groups in total. The molecule has 3 aliphatic carbocycles. The molecule has 240 valence electrons. The van der Waals surface area contributed by atoms with Crippen molar-refractivity contribution < 1.29 is 4.42 Å². The fourth-order valence-electron chi connectivity index (χ4n) is 7.78. The van der Waals surface area contributed by atoms with Gasteiger partial charge in [0.1, 0.15) is 11.2 Å². The fraction of sp³-hybridized carbons (Fsp3) is 0.0833. The molecular weight excluding hydrogens is 607 g/mol. The number of fused-ring (bicyclic) bond motifs is 5. The van der Waals surface area contributed by atoms with E-state index in [0.717, 1.165) is 34.0 Å². The van der Waals surface area contributed by atoms with Gasteiger partial charge in [0.25, 0.3) is 0 Å². The summed E-state index contributed by atoms with van der Waals surface area (Å²) in [5, 5.41) is 4.69. The Balaban J connectivity index is 1.20. The summed E-state index contributed by atoms with van der Waals surface area (Å²) in [4.78, 5) is 2.55. The molecule has 9 rings (SSSR count). The Bertz CT molecular complexity index is 2480. The summed E-state index contributed by atoms with van der Waals surface area (Å²) < 4.78 is 6.53. The van der Waals surface area contributed by atoms with Crippen molar-refractivity contribution in [2.45, 2.75) is 18.4 Å². The number of para-hydroxylation sites is 1. The van der Waals surface area contributed by atoms with Crippen molar-refractivity contribution in [3.8, 4) is 11.1 Å². The van der Waals surface area contributed by atoms with Crippen molar-refractivity contribution in [3.05, 3.63) is 205 Å². The highest BCUT2D eigenvalue weighted by Crippen LogP contribution is 2.45. The first-order chi connectivity index (χ1) is 24.8. The first-order valence-corrected chi connectivity index (χ1v) is 17.5. The van der Waals surface area contributed by atoms with Crippen LogP contribution in [0.2, 0.25) is 0 Å². The third-order valence-electron chi connectivity index (χ3n) is 10.2. The first-order valence-electron chi connectivity index (χ1n) is 17.5. The minimum absolute atomic E-state index is 0.0841. The Labute approximate surface area is 293 Å². The molecule has 50 heavy (non-hydrogen) atoms. The zero-order valence-corrected chi connectivity index (χ0v) is 27.8. The summed E-state index contributed by atoms with van der Waals surface area (Å²) in [6, 6.07) is 37.7. The second-order valence-electron chi connectivity index (χ2n) is 13.2. The second-order valence-corrected chi connectivity index (χ2v) is 13.2. The highest BCUT2D eigenvalue weighted by Gasteiger charge is 2.31. The lowest BCUT2D eigenvalue weighted by Crippen LogP contribution is -2.38. The molecule has 0 saturated carbocycles. The molecule has 3 aliphatic rings. The predicted molar refractivity (Wildman–Crippen MR) is 212 cm³/mol. The number of benzene rings is 5. The average Bonchev–Trinajstić information content (AvgIpc) is 3.54. The number of allylic oxidation sites excluding steroid dienone is 13. The molecule has 6 aromatic rings. The van der Waals surface area contributed by atoms with E-state index in [0.29, 0.717) is 5.92 Å². The largest absolute Gasteiger partial charge is 0.456 e. The first kappa shape index (κ1) is 30.0. The van der Waals surface area contributed by atoms with Gasteiger partial charge in [0.2, 0.25) is 0 Å². The van der Waals surface area contributed by atoms with Gasteiger partial charge in [0.15, 0.2) is 0 Å². The average molecular weight is 644 g/mol. The number of rotatable bonds is 5. The molecule has 5 aromatic carbocycles. The summed E-state index contributed by atoms with van der Waals surface area (Å²) in [6.07, 6.45) is 33.9. The lowest BCUT2D eigenvalue weighted by Gasteiger charge is -2.39. The Morgan fingerprint density at radius 3 is 2.24 bits per heavy atom. The Morgan fingerprint density at radius 1 is 0.580 bits per heavy atom. The molecule has 0 radical (unpaired) electrons. The van der Waals surface area contributed by atoms with E-state index in [-0.39, 0.29) is 12.0 Å². The maximum atomic E-state index is 6.53. The Kier molecular flexibility index (Phi) is 7.83. The summed E-state index contributed by atoms with van der Waals surface area (Å²) >= 11 is 0. The summed E-state index contributed by atoms with van der Waals surface area (Å²) in [7, 11) is 0. The molecule has 1 aromatic heterocycles. The van der Waals surface area contributed by atoms with Gasteiger partial charge in [-0.05, 0) is 70.3 Å². The number of anilines is 2. The van der Waals surface area contributed by atoms with Crippen LogP contribution in [0.3, 0.4) is 0 Å². The molecule has 0 amide bonds. The Hall–Kier alpha value is -6.12. The SMILES string of the molecule is C1=CC2=CC=CC(N(c3ccc(C4/C=C/C=C\C=C/C=C/C4)cc3)c3ccccc3-c3cccc4oc5cc6ccccc6cc5c34)C2C=C1. The number of hydrogen-bond donors (Lipinski definition) is 0. The van der Waals surface area contributed by atoms with E-state index < -0.39 is 0 Å². The van der Waals surface area contributed by atoms with Crippen LogP contribution in [0.25, 0.3) is 43.8 Å². The molecular formula is C48H37NO. The normalized spacial score (nSPS) is 22.2. The van der Waals surface area contributed by atoms with Crippen molar-refractivity contribution >= 4 is 44.1 Å². The molecule has 0 fully saturated rings. The van der Waals surface area contributed by atoms with E-state index in [2.05, 4.69) is 199 Å². The number of hydrogen-bond acceptors (Lipinski definition) is 2. The zero-order chi connectivity index (χ0) is 33.3. The third-order valence-corrected chi connectivity index (χ3v) is 10.2. The summed E-state index contributed by atoms with van der Waals surface area (Å²) in [5.41, 5.74) is 9.13. The van der Waals surface area contributed by atoms with Crippen LogP contribution in [-0.4, -0.2) is 6.04 Å². The third kappa shape index (κ3) is 5.49. The molecule has 0 bridgehead atoms. The molecule has 0 spiro atoms. The predicted octanol–water partition coefficient (Wildman–Crippen LogP) is 12.9. The van der Waals surface area contributed by atoms with Crippen LogP contribution in [0.4, 0.5) is 11.4 Å². The molecule has 3 unspecified atom stereocenters. The molecule has 0 saturated heterocycles. The van der Waals surface area contributed by atoms with Crippen LogP contribution in [0, 0.1) is 5.92 Å². The zero-order valence-electron chi connectivity index (χ0n) is 27.8. The smallest absolute Gasteiger partial charge is 0.136 e. The summed E-state index contributed by atoms with van der Waals surface area (Å²) in [5.74, 6) is 0.525. The van der Waals surface area contributed by atoms with Gasteiger partial charge in [-0.25, -0.2) is 0 Å². The van der Waals surface area contributed by atoms with Crippen molar-refractivity contribution in [1.29, 1.82) is 0 Å². The van der Waals surface area contributed by atoms with Crippen molar-refractivity contribution in [2.24, 2.45) is 5.92 Å². The van der Waals surface area contributed by atoms with E-state index in [1.165, 1.54) is 38.7 Å². The minimum atomic E-state index is 0.0841. The van der Waals surface area contributed by atoms with E-state index in [9.17, 15) is 0 Å². The van der Waals surface area contributed by atoms with E-state index in [1.54, 1.807) is 0 Å². The van der Waals surface area contributed by atoms with E-state index in [1.807, 2.05) is 0 Å². The molecule has 3 atom stereocenters. The summed E-state index contributed by atoms with van der Waals surface area (Å²) in [6.45, 7) is 0. The maximum Gasteiger partial charge on any atom is 0.136 e. The fourth-order valence-corrected chi connectivity index (χ4v) is 7.78. The molecule has 2 heteroatoms. The van der Waals surface area contributed by atoms with Gasteiger partial charge in [-0.15, -0.1) is 0 Å². The molecule has 0 aliphatic heterocycles. The van der Waals surface area contributed by atoms with Crippen LogP contribution in [0.5, 0.6) is 0 Å². The highest BCUT2D eigenvalue weighted by atomic mass is 16.3. The van der Waals surface area contributed by atoms with Gasteiger partial charge >= 0.3 is 0 Å². The van der Waals surface area contributed by atoms with Gasteiger partial charge in [-0.2, -0.15) is 0 Å². The molecule has 1 heterocycles. The van der Waals surface area contributed by atoms with Crippen molar-refractivity contribution in [1.82, 2.24) is 0 Å². The highest BCUT2D eigenvalue weighted by molar-refractivity contribution is 6.16. The standard InChI is InChI=1S/C48H37NO/c1-2-4-6-16-34(17-7-5-3-1)35-28-30-39(31-29-35)49(44-26-14-21-36-18-10-11-22-40(36)44)45-25-13-12-23-41(45)42-24-15-27-46-48(42)43-32-37-19-8-9-20-38(37)33-47(43)50-46/h1-16,18-34,40,44H,17H2/b3-1-,4-2-,7-5+,16-6+. The lowest BCUT2D eigenvalue weighted by molar-refractivity contribution is 0.640. The quantitative estimate of drug-likeness (QED) is 0.186. The van der Waals surface area contributed by atoms with Crippen LogP contribution in [0.1, 0.15) is 17.9 Å². The lowest BCUT2D eigenvalue weighted by atomic mass is 9.82. The van der Waals surface area contributed by atoms with Gasteiger partial charge in [-0.3, -0.25) is 0 Å². The van der Waals surface area contributed by atoms with Crippen molar-refractivity contribution in [3.63, 3.8) is 0 Å². The topological polar surface area (TPSA) is 16.4 Å². The van der Waals surface area contributed by atoms with Gasteiger partial charge in [0.05, 0.1) is 6.04 Å². The van der Waals surface area contributed by atoms with E-state index >= 15 is 0 Å². The van der Waals surface area contributed by atoms with Crippen LogP contribution < -0.4 is 4.90 Å². The molecule has 2 nitrogen and oxygen atoms in total. The van der Waals surface area contributed by atoms with Crippen LogP contribution in [0.15, 0.2) is 204 Å². The van der Waals surface area contributed by atoms with Crippen molar-refractivity contribution in [2.75, 3.05) is 4.90 Å². The number of nitrogens with zero attached hydrogens (tertiary/aromatic N) is 1. The van der Waals surface area contributed by atoms with Crippen LogP contribution >= 0.6 is 0 Å².